The van der Waals surface area contributed by atoms with Crippen LogP contribution in [0.1, 0.15) is 11.3 Å². The number of aromatic nitrogens is 1. The number of hydrogen-bond acceptors (Lipinski definition) is 5. The number of carbonyl (C=O) groups is 1. The molecule has 4 nitrogen and oxygen atoms in total. The molecule has 24 heavy (non-hydrogen) atoms. The Labute approximate surface area is 144 Å². The minimum atomic E-state index is -0.313. The number of benzene rings is 2. The number of rotatable bonds is 5. The molecule has 0 atom stereocenters. The SMILES string of the molecule is COc1ccc(-c2nc(CC(=O)Oc3cccc(C)c3)cs2)cc1. The summed E-state index contributed by atoms with van der Waals surface area (Å²) in [4.78, 5) is 16.6. The van der Waals surface area contributed by atoms with E-state index in [0.717, 1.165) is 21.9 Å². The smallest absolute Gasteiger partial charge is 0.317 e. The van der Waals surface area contributed by atoms with E-state index >= 15 is 0 Å². The molecule has 0 bridgehead atoms. The van der Waals surface area contributed by atoms with Gasteiger partial charge >= 0.3 is 5.97 Å². The van der Waals surface area contributed by atoms with Gasteiger partial charge in [-0.25, -0.2) is 4.98 Å². The van der Waals surface area contributed by atoms with E-state index in [1.807, 2.05) is 54.8 Å². The van der Waals surface area contributed by atoms with Gasteiger partial charge in [0.25, 0.3) is 0 Å². The van der Waals surface area contributed by atoms with Gasteiger partial charge in [-0.3, -0.25) is 4.79 Å². The van der Waals surface area contributed by atoms with Crippen LogP contribution in [-0.4, -0.2) is 18.1 Å². The van der Waals surface area contributed by atoms with Crippen LogP contribution >= 0.6 is 11.3 Å². The van der Waals surface area contributed by atoms with Crippen molar-refractivity contribution in [3.8, 4) is 22.1 Å². The van der Waals surface area contributed by atoms with E-state index in [4.69, 9.17) is 9.47 Å². The van der Waals surface area contributed by atoms with Gasteiger partial charge in [0.05, 0.1) is 19.2 Å². The van der Waals surface area contributed by atoms with Gasteiger partial charge in [0.2, 0.25) is 0 Å². The number of hydrogen-bond donors (Lipinski definition) is 0. The normalized spacial score (nSPS) is 10.4. The molecule has 0 N–H and O–H groups in total. The lowest BCUT2D eigenvalue weighted by Gasteiger charge is -2.03. The summed E-state index contributed by atoms with van der Waals surface area (Å²) in [5.41, 5.74) is 2.76. The Kier molecular flexibility index (Phi) is 4.91. The third-order valence-electron chi connectivity index (χ3n) is 3.44. The quantitative estimate of drug-likeness (QED) is 0.514. The van der Waals surface area contributed by atoms with E-state index in [2.05, 4.69) is 4.98 Å². The van der Waals surface area contributed by atoms with Crippen LogP contribution in [0.2, 0.25) is 0 Å². The zero-order chi connectivity index (χ0) is 16.9. The van der Waals surface area contributed by atoms with Crippen molar-refractivity contribution in [3.63, 3.8) is 0 Å². The Bertz CT molecular complexity index is 840. The Morgan fingerprint density at radius 2 is 1.92 bits per heavy atom. The molecule has 0 aliphatic rings. The summed E-state index contributed by atoms with van der Waals surface area (Å²) in [6.45, 7) is 1.96. The van der Waals surface area contributed by atoms with E-state index in [0.29, 0.717) is 11.4 Å². The molecule has 5 heteroatoms. The molecule has 122 valence electrons. The van der Waals surface area contributed by atoms with E-state index in [1.165, 1.54) is 11.3 Å². The summed E-state index contributed by atoms with van der Waals surface area (Å²) >= 11 is 1.51. The molecule has 0 unspecified atom stereocenters. The second-order valence-electron chi connectivity index (χ2n) is 5.34. The zero-order valence-electron chi connectivity index (χ0n) is 13.5. The van der Waals surface area contributed by atoms with Gasteiger partial charge in [0.1, 0.15) is 16.5 Å². The molecule has 0 aliphatic heterocycles. The fourth-order valence-corrected chi connectivity index (χ4v) is 3.07. The van der Waals surface area contributed by atoms with Crippen LogP contribution in [-0.2, 0) is 11.2 Å². The third kappa shape index (κ3) is 4.00. The van der Waals surface area contributed by atoms with Crippen molar-refractivity contribution in [2.75, 3.05) is 7.11 Å². The molecule has 0 amide bonds. The second kappa shape index (κ2) is 7.27. The average Bonchev–Trinajstić information content (AvgIpc) is 3.03. The molecular weight excluding hydrogens is 322 g/mol. The summed E-state index contributed by atoms with van der Waals surface area (Å²) < 4.78 is 10.5. The monoisotopic (exact) mass is 339 g/mol. The first-order valence-electron chi connectivity index (χ1n) is 7.50. The largest absolute Gasteiger partial charge is 0.497 e. The zero-order valence-corrected chi connectivity index (χ0v) is 14.3. The van der Waals surface area contributed by atoms with Gasteiger partial charge in [0.15, 0.2) is 0 Å². The summed E-state index contributed by atoms with van der Waals surface area (Å²) in [5.74, 6) is 1.05. The number of methoxy groups -OCH3 is 1. The highest BCUT2D eigenvalue weighted by atomic mass is 32.1. The number of thiazole rings is 1. The molecule has 0 spiro atoms. The van der Waals surface area contributed by atoms with Crippen LogP contribution in [0.4, 0.5) is 0 Å². The second-order valence-corrected chi connectivity index (χ2v) is 6.20. The van der Waals surface area contributed by atoms with Crippen LogP contribution in [0.3, 0.4) is 0 Å². The molecule has 0 fully saturated rings. The van der Waals surface area contributed by atoms with Crippen LogP contribution < -0.4 is 9.47 Å². The summed E-state index contributed by atoms with van der Waals surface area (Å²) in [6.07, 6.45) is 0.153. The lowest BCUT2D eigenvalue weighted by atomic mass is 10.2. The van der Waals surface area contributed by atoms with Gasteiger partial charge in [-0.05, 0) is 48.9 Å². The maximum atomic E-state index is 12.0. The van der Waals surface area contributed by atoms with Gasteiger partial charge in [0, 0.05) is 10.9 Å². The van der Waals surface area contributed by atoms with Crippen LogP contribution in [0, 0.1) is 6.92 Å². The first-order valence-corrected chi connectivity index (χ1v) is 8.38. The average molecular weight is 339 g/mol. The Morgan fingerprint density at radius 1 is 1.12 bits per heavy atom. The predicted octanol–water partition coefficient (Wildman–Crippen LogP) is 4.28. The van der Waals surface area contributed by atoms with Gasteiger partial charge in [-0.1, -0.05) is 12.1 Å². The van der Waals surface area contributed by atoms with Crippen molar-refractivity contribution in [2.24, 2.45) is 0 Å². The van der Waals surface area contributed by atoms with Crippen molar-refractivity contribution in [1.82, 2.24) is 4.98 Å². The minimum Gasteiger partial charge on any atom is -0.497 e. The van der Waals surface area contributed by atoms with E-state index in [9.17, 15) is 4.79 Å². The maximum absolute atomic E-state index is 12.0. The minimum absolute atomic E-state index is 0.153. The summed E-state index contributed by atoms with van der Waals surface area (Å²) in [7, 11) is 1.64. The third-order valence-corrected chi connectivity index (χ3v) is 4.38. The van der Waals surface area contributed by atoms with Gasteiger partial charge in [-0.2, -0.15) is 0 Å². The van der Waals surface area contributed by atoms with Crippen molar-refractivity contribution in [1.29, 1.82) is 0 Å². The molecule has 0 saturated heterocycles. The van der Waals surface area contributed by atoms with Crippen LogP contribution in [0.15, 0.2) is 53.9 Å². The molecule has 1 heterocycles. The van der Waals surface area contributed by atoms with Crippen molar-refractivity contribution >= 4 is 17.3 Å². The predicted molar refractivity (Wildman–Crippen MR) is 94.6 cm³/mol. The molecule has 3 rings (SSSR count). The number of ether oxygens (including phenoxy) is 2. The maximum Gasteiger partial charge on any atom is 0.317 e. The Morgan fingerprint density at radius 3 is 2.62 bits per heavy atom. The Hall–Kier alpha value is -2.66. The standard InChI is InChI=1S/C19H17NO3S/c1-13-4-3-5-17(10-13)23-18(21)11-15-12-24-19(20-15)14-6-8-16(22-2)9-7-14/h3-10,12H,11H2,1-2H3. The van der Waals surface area contributed by atoms with E-state index in [-0.39, 0.29) is 12.4 Å². The van der Waals surface area contributed by atoms with Crippen molar-refractivity contribution < 1.29 is 14.3 Å². The number of aryl methyl sites for hydroxylation is 1. The first-order chi connectivity index (χ1) is 11.6. The highest BCUT2D eigenvalue weighted by Gasteiger charge is 2.11. The lowest BCUT2D eigenvalue weighted by Crippen LogP contribution is -2.11. The molecule has 0 aliphatic carbocycles. The molecular formula is C19H17NO3S. The fraction of sp³-hybridized carbons (Fsp3) is 0.158. The fourth-order valence-electron chi connectivity index (χ4n) is 2.25. The Balaban J connectivity index is 1.65. The van der Waals surface area contributed by atoms with Crippen molar-refractivity contribution in [2.45, 2.75) is 13.3 Å². The number of esters is 1. The van der Waals surface area contributed by atoms with Crippen LogP contribution in [0.25, 0.3) is 10.6 Å². The van der Waals surface area contributed by atoms with Gasteiger partial charge in [-0.15, -0.1) is 11.3 Å². The van der Waals surface area contributed by atoms with E-state index < -0.39 is 0 Å². The molecule has 0 radical (unpaired) electrons. The highest BCUT2D eigenvalue weighted by Crippen LogP contribution is 2.26. The van der Waals surface area contributed by atoms with Gasteiger partial charge < -0.3 is 9.47 Å². The number of carbonyl (C=O) groups excluding carboxylic acids is 1. The van der Waals surface area contributed by atoms with Crippen molar-refractivity contribution in [3.05, 3.63) is 65.2 Å². The first kappa shape index (κ1) is 16.2. The van der Waals surface area contributed by atoms with E-state index in [1.54, 1.807) is 13.2 Å². The summed E-state index contributed by atoms with van der Waals surface area (Å²) in [5, 5.41) is 2.76. The molecule has 3 aromatic rings. The number of nitrogens with zero attached hydrogens (tertiary/aromatic N) is 1. The highest BCUT2D eigenvalue weighted by molar-refractivity contribution is 7.13. The molecule has 2 aromatic carbocycles. The summed E-state index contributed by atoms with van der Waals surface area (Å²) in [6, 6.07) is 15.1. The molecule has 0 saturated carbocycles. The van der Waals surface area contributed by atoms with Crippen LogP contribution in [0.5, 0.6) is 11.5 Å². The topological polar surface area (TPSA) is 48.4 Å². The molecule has 1 aromatic heterocycles. The lowest BCUT2D eigenvalue weighted by molar-refractivity contribution is -0.133.